The Morgan fingerprint density at radius 3 is 2.96 bits per heavy atom. The third-order valence-electron chi connectivity index (χ3n) is 3.86. The van der Waals surface area contributed by atoms with E-state index in [2.05, 4.69) is 15.5 Å². The smallest absolute Gasteiger partial charge is 0.274 e. The minimum absolute atomic E-state index is 0.131. The van der Waals surface area contributed by atoms with Gasteiger partial charge >= 0.3 is 0 Å². The van der Waals surface area contributed by atoms with Crippen molar-refractivity contribution in [3.8, 4) is 5.75 Å². The van der Waals surface area contributed by atoms with Gasteiger partial charge in [-0.15, -0.1) is 0 Å². The Balaban J connectivity index is 1.55. The quantitative estimate of drug-likeness (QED) is 0.873. The lowest BCUT2D eigenvalue weighted by molar-refractivity contribution is 0.0766. The van der Waals surface area contributed by atoms with Crippen molar-refractivity contribution in [3.63, 3.8) is 0 Å². The van der Waals surface area contributed by atoms with Gasteiger partial charge in [0.25, 0.3) is 5.91 Å². The first kappa shape index (κ1) is 15.5. The van der Waals surface area contributed by atoms with Gasteiger partial charge < -0.3 is 15.0 Å². The second kappa shape index (κ2) is 6.78. The molecule has 1 aromatic carbocycles. The minimum Gasteiger partial charge on any atom is -0.492 e. The summed E-state index contributed by atoms with van der Waals surface area (Å²) in [5.74, 6) is 0.143. The van der Waals surface area contributed by atoms with E-state index < -0.39 is 0 Å². The monoisotopic (exact) mass is 318 g/mol. The molecule has 3 rings (SSSR count). The number of hydrogen-bond acceptors (Lipinski definition) is 4. The van der Waals surface area contributed by atoms with E-state index in [0.717, 1.165) is 24.2 Å². The topological polar surface area (TPSA) is 70.2 Å². The molecular weight excluding hydrogens is 299 g/mol. The molecular formula is C16H19FN4O2. The molecule has 0 aliphatic carbocycles. The molecule has 0 spiro atoms. The standard InChI is InChI=1S/C16H19FN4O2/c1-21(8-9-23-12-4-2-11(17)3-5-12)16(22)15-13-10-18-7-6-14(13)19-20-15/h2-5,18H,6-10H2,1H3,(H,19,20). The largest absolute Gasteiger partial charge is 0.492 e. The van der Waals surface area contributed by atoms with Crippen molar-refractivity contribution in [2.75, 3.05) is 26.7 Å². The molecule has 0 atom stereocenters. The summed E-state index contributed by atoms with van der Waals surface area (Å²) in [6.45, 7) is 2.31. The molecule has 1 aromatic heterocycles. The molecule has 0 fully saturated rings. The van der Waals surface area contributed by atoms with E-state index in [1.807, 2.05) is 0 Å². The lowest BCUT2D eigenvalue weighted by atomic mass is 10.1. The van der Waals surface area contributed by atoms with Crippen LogP contribution in [0.4, 0.5) is 4.39 Å². The Bertz CT molecular complexity index is 684. The second-order valence-corrected chi connectivity index (χ2v) is 5.49. The maximum Gasteiger partial charge on any atom is 0.274 e. The van der Waals surface area contributed by atoms with Gasteiger partial charge in [0.15, 0.2) is 5.69 Å². The predicted octanol–water partition coefficient (Wildman–Crippen LogP) is 1.35. The van der Waals surface area contributed by atoms with Crippen LogP contribution in [0.3, 0.4) is 0 Å². The fraction of sp³-hybridized carbons (Fsp3) is 0.375. The van der Waals surface area contributed by atoms with Crippen molar-refractivity contribution in [1.29, 1.82) is 0 Å². The number of ether oxygens (including phenoxy) is 1. The summed E-state index contributed by atoms with van der Waals surface area (Å²) in [7, 11) is 1.72. The van der Waals surface area contributed by atoms with Gasteiger partial charge in [-0.1, -0.05) is 0 Å². The molecule has 23 heavy (non-hydrogen) atoms. The van der Waals surface area contributed by atoms with Gasteiger partial charge in [-0.05, 0) is 24.3 Å². The van der Waals surface area contributed by atoms with Gasteiger partial charge in [-0.2, -0.15) is 5.10 Å². The third-order valence-corrected chi connectivity index (χ3v) is 3.86. The third kappa shape index (κ3) is 3.50. The van der Waals surface area contributed by atoms with Gasteiger partial charge in [-0.3, -0.25) is 9.89 Å². The molecule has 122 valence electrons. The van der Waals surface area contributed by atoms with E-state index in [4.69, 9.17) is 4.74 Å². The molecule has 1 aliphatic rings. The average molecular weight is 318 g/mol. The van der Waals surface area contributed by atoms with Crippen LogP contribution in [-0.2, 0) is 13.0 Å². The zero-order valence-corrected chi connectivity index (χ0v) is 12.9. The van der Waals surface area contributed by atoms with Crippen LogP contribution in [0.15, 0.2) is 24.3 Å². The van der Waals surface area contributed by atoms with Crippen LogP contribution in [0.2, 0.25) is 0 Å². The van der Waals surface area contributed by atoms with Crippen LogP contribution in [0.1, 0.15) is 21.7 Å². The fourth-order valence-electron chi connectivity index (χ4n) is 2.52. The van der Waals surface area contributed by atoms with Gasteiger partial charge in [0.2, 0.25) is 0 Å². The number of likely N-dealkylation sites (N-methyl/N-ethyl adjacent to an activating group) is 1. The number of nitrogens with one attached hydrogen (secondary N) is 2. The summed E-state index contributed by atoms with van der Waals surface area (Å²) in [4.78, 5) is 14.1. The molecule has 0 bridgehead atoms. The normalized spacial score (nSPS) is 13.5. The minimum atomic E-state index is -0.304. The van der Waals surface area contributed by atoms with E-state index in [-0.39, 0.29) is 11.7 Å². The van der Waals surface area contributed by atoms with Crippen LogP contribution in [-0.4, -0.2) is 47.7 Å². The number of aromatic nitrogens is 2. The van der Waals surface area contributed by atoms with Crippen LogP contribution in [0.25, 0.3) is 0 Å². The van der Waals surface area contributed by atoms with Crippen molar-refractivity contribution in [2.45, 2.75) is 13.0 Å². The number of rotatable bonds is 5. The van der Waals surface area contributed by atoms with E-state index in [1.54, 1.807) is 24.1 Å². The van der Waals surface area contributed by atoms with Gasteiger partial charge in [-0.25, -0.2) is 4.39 Å². The van der Waals surface area contributed by atoms with Crippen LogP contribution < -0.4 is 10.1 Å². The van der Waals surface area contributed by atoms with Crippen molar-refractivity contribution in [2.24, 2.45) is 0 Å². The van der Waals surface area contributed by atoms with Crippen molar-refractivity contribution in [3.05, 3.63) is 47.0 Å². The molecule has 2 heterocycles. The number of hydrogen-bond donors (Lipinski definition) is 2. The maximum absolute atomic E-state index is 12.8. The van der Waals surface area contributed by atoms with Gasteiger partial charge in [0.05, 0.1) is 6.54 Å². The Kier molecular flexibility index (Phi) is 4.57. The number of fused-ring (bicyclic) bond motifs is 1. The lowest BCUT2D eigenvalue weighted by Crippen LogP contribution is -2.33. The highest BCUT2D eigenvalue weighted by Gasteiger charge is 2.23. The molecule has 0 unspecified atom stereocenters. The molecule has 2 N–H and O–H groups in total. The van der Waals surface area contributed by atoms with E-state index in [9.17, 15) is 9.18 Å². The van der Waals surface area contributed by atoms with Crippen LogP contribution >= 0.6 is 0 Å². The first-order valence-electron chi connectivity index (χ1n) is 7.56. The SMILES string of the molecule is CN(CCOc1ccc(F)cc1)C(=O)c1n[nH]c2c1CNCC2. The number of H-pyrrole nitrogens is 1. The Hall–Kier alpha value is -2.41. The average Bonchev–Trinajstić information content (AvgIpc) is 3.00. The van der Waals surface area contributed by atoms with Crippen LogP contribution in [0, 0.1) is 5.82 Å². The Morgan fingerprint density at radius 2 is 2.17 bits per heavy atom. The molecule has 1 aliphatic heterocycles. The Morgan fingerprint density at radius 1 is 1.39 bits per heavy atom. The second-order valence-electron chi connectivity index (χ2n) is 5.49. The number of aromatic amines is 1. The lowest BCUT2D eigenvalue weighted by Gasteiger charge is -2.18. The molecule has 6 nitrogen and oxygen atoms in total. The van der Waals surface area contributed by atoms with Crippen molar-refractivity contribution in [1.82, 2.24) is 20.4 Å². The molecule has 7 heteroatoms. The number of benzene rings is 1. The van der Waals surface area contributed by atoms with Crippen molar-refractivity contribution < 1.29 is 13.9 Å². The zero-order chi connectivity index (χ0) is 16.2. The highest BCUT2D eigenvalue weighted by molar-refractivity contribution is 5.93. The predicted molar refractivity (Wildman–Crippen MR) is 82.9 cm³/mol. The molecule has 0 saturated carbocycles. The van der Waals surface area contributed by atoms with E-state index in [1.165, 1.54) is 12.1 Å². The highest BCUT2D eigenvalue weighted by atomic mass is 19.1. The number of carbonyl (C=O) groups excluding carboxylic acids is 1. The summed E-state index contributed by atoms with van der Waals surface area (Å²) in [5.41, 5.74) is 2.45. The molecule has 0 radical (unpaired) electrons. The number of amides is 1. The first-order chi connectivity index (χ1) is 11.1. The molecule has 1 amide bonds. The highest BCUT2D eigenvalue weighted by Crippen LogP contribution is 2.16. The van der Waals surface area contributed by atoms with E-state index >= 15 is 0 Å². The summed E-state index contributed by atoms with van der Waals surface area (Å²) >= 11 is 0. The Labute approximate surface area is 133 Å². The van der Waals surface area contributed by atoms with Gasteiger partial charge in [0.1, 0.15) is 18.2 Å². The first-order valence-corrected chi connectivity index (χ1v) is 7.56. The molecule has 2 aromatic rings. The zero-order valence-electron chi connectivity index (χ0n) is 12.9. The van der Waals surface area contributed by atoms with Crippen LogP contribution in [0.5, 0.6) is 5.75 Å². The number of carbonyl (C=O) groups is 1. The van der Waals surface area contributed by atoms with Crippen molar-refractivity contribution >= 4 is 5.91 Å². The van der Waals surface area contributed by atoms with Gasteiger partial charge in [0, 0.05) is 37.8 Å². The fourth-order valence-corrected chi connectivity index (χ4v) is 2.52. The number of nitrogens with zero attached hydrogens (tertiary/aromatic N) is 2. The van der Waals surface area contributed by atoms with E-state index in [0.29, 0.717) is 31.1 Å². The summed E-state index contributed by atoms with van der Waals surface area (Å²) < 4.78 is 18.3. The summed E-state index contributed by atoms with van der Waals surface area (Å²) in [5, 5.41) is 10.3. The summed E-state index contributed by atoms with van der Waals surface area (Å²) in [6.07, 6.45) is 0.854. The summed E-state index contributed by atoms with van der Waals surface area (Å²) in [6, 6.07) is 5.81. The maximum atomic E-state index is 12.8. The number of halogens is 1. The molecule has 0 saturated heterocycles.